The number of anilines is 1. The standard InChI is InChI=1S/C28H29Cl4N3O4S/c1-3-4-14-33-28(37)19(2)34(17-20-8-13-25(31)26(32)15-20)27(36)18-35(23-7-5-6-22(30)16-23)40(38,39)24-11-9-21(29)10-12-24/h5-13,15-16,19H,3-4,14,17-18H2,1-2H3,(H,33,37). The first-order chi connectivity index (χ1) is 18.9. The third-order valence-corrected chi connectivity index (χ3v) is 9.12. The maximum Gasteiger partial charge on any atom is 0.264 e. The molecule has 0 spiro atoms. The maximum atomic E-state index is 13.9. The number of sulfonamides is 1. The SMILES string of the molecule is CCCCNC(=O)C(C)N(Cc1ccc(Cl)c(Cl)c1)C(=O)CN(c1cccc(Cl)c1)S(=O)(=O)c1ccc(Cl)cc1. The van der Waals surface area contributed by atoms with Crippen LogP contribution in [0.15, 0.2) is 71.6 Å². The van der Waals surface area contributed by atoms with Crippen LogP contribution in [0.5, 0.6) is 0 Å². The average molecular weight is 645 g/mol. The summed E-state index contributed by atoms with van der Waals surface area (Å²) >= 11 is 24.4. The van der Waals surface area contributed by atoms with Crippen molar-refractivity contribution < 1.29 is 18.0 Å². The summed E-state index contributed by atoms with van der Waals surface area (Å²) in [6, 6.07) is 15.8. The van der Waals surface area contributed by atoms with Crippen molar-refractivity contribution in [3.8, 4) is 0 Å². The van der Waals surface area contributed by atoms with Gasteiger partial charge in [0, 0.05) is 23.1 Å². The summed E-state index contributed by atoms with van der Waals surface area (Å²) < 4.78 is 28.5. The van der Waals surface area contributed by atoms with Gasteiger partial charge in [0.05, 0.1) is 20.6 Å². The zero-order valence-corrected chi connectivity index (χ0v) is 25.8. The van der Waals surface area contributed by atoms with E-state index in [9.17, 15) is 18.0 Å². The smallest absolute Gasteiger partial charge is 0.264 e. The van der Waals surface area contributed by atoms with Crippen LogP contribution in [0.1, 0.15) is 32.3 Å². The molecule has 0 heterocycles. The Hall–Kier alpha value is -2.49. The number of hydrogen-bond donors (Lipinski definition) is 1. The zero-order valence-electron chi connectivity index (χ0n) is 21.9. The highest BCUT2D eigenvalue weighted by Gasteiger charge is 2.32. The Morgan fingerprint density at radius 2 is 1.60 bits per heavy atom. The van der Waals surface area contributed by atoms with Crippen LogP contribution in [0.3, 0.4) is 0 Å². The summed E-state index contributed by atoms with van der Waals surface area (Å²) in [6.07, 6.45) is 1.67. The van der Waals surface area contributed by atoms with Crippen LogP contribution < -0.4 is 9.62 Å². The molecule has 1 N–H and O–H groups in total. The fraction of sp³-hybridized carbons (Fsp3) is 0.286. The number of benzene rings is 3. The molecule has 0 aliphatic heterocycles. The number of carbonyl (C=O) groups is 2. The first-order valence-corrected chi connectivity index (χ1v) is 15.4. The minimum atomic E-state index is -4.24. The first kappa shape index (κ1) is 32.0. The lowest BCUT2D eigenvalue weighted by molar-refractivity contribution is -0.139. The Kier molecular flexibility index (Phi) is 11.5. The molecule has 2 amide bonds. The van der Waals surface area contributed by atoms with Crippen LogP contribution in [0, 0.1) is 0 Å². The molecule has 3 rings (SSSR count). The summed E-state index contributed by atoms with van der Waals surface area (Å²) in [5.41, 5.74) is 0.802. The van der Waals surface area contributed by atoms with Gasteiger partial charge in [-0.25, -0.2) is 8.42 Å². The van der Waals surface area contributed by atoms with Crippen molar-refractivity contribution in [2.45, 2.75) is 44.2 Å². The van der Waals surface area contributed by atoms with Gasteiger partial charge >= 0.3 is 0 Å². The van der Waals surface area contributed by atoms with Gasteiger partial charge in [-0.2, -0.15) is 0 Å². The van der Waals surface area contributed by atoms with E-state index in [0.29, 0.717) is 22.2 Å². The molecular formula is C28H29Cl4N3O4S. The van der Waals surface area contributed by atoms with E-state index < -0.39 is 28.5 Å². The van der Waals surface area contributed by atoms with Crippen LogP contribution in [-0.4, -0.2) is 44.3 Å². The molecule has 0 aliphatic rings. The van der Waals surface area contributed by atoms with E-state index in [1.165, 1.54) is 41.3 Å². The van der Waals surface area contributed by atoms with E-state index in [0.717, 1.165) is 17.1 Å². The van der Waals surface area contributed by atoms with Crippen LogP contribution in [-0.2, 0) is 26.2 Å². The van der Waals surface area contributed by atoms with Gasteiger partial charge in [0.1, 0.15) is 12.6 Å². The fourth-order valence-electron chi connectivity index (χ4n) is 3.85. The minimum absolute atomic E-state index is 0.0114. The highest BCUT2D eigenvalue weighted by atomic mass is 35.5. The molecule has 12 heteroatoms. The van der Waals surface area contributed by atoms with E-state index in [2.05, 4.69) is 5.32 Å². The second-order valence-electron chi connectivity index (χ2n) is 9.04. The Balaban J connectivity index is 2.01. The lowest BCUT2D eigenvalue weighted by atomic mass is 10.1. The number of rotatable bonds is 12. The number of carbonyl (C=O) groups excluding carboxylic acids is 2. The van der Waals surface area contributed by atoms with Crippen molar-refractivity contribution in [1.29, 1.82) is 0 Å². The molecular weight excluding hydrogens is 616 g/mol. The molecule has 0 fully saturated rings. The van der Waals surface area contributed by atoms with E-state index in [4.69, 9.17) is 46.4 Å². The second kappa shape index (κ2) is 14.4. The Morgan fingerprint density at radius 1 is 0.900 bits per heavy atom. The summed E-state index contributed by atoms with van der Waals surface area (Å²) in [6.45, 7) is 3.44. The highest BCUT2D eigenvalue weighted by molar-refractivity contribution is 7.92. The van der Waals surface area contributed by atoms with Gasteiger partial charge < -0.3 is 10.2 Å². The van der Waals surface area contributed by atoms with E-state index in [1.807, 2.05) is 6.92 Å². The third-order valence-electron chi connectivity index (χ3n) is 6.11. The molecule has 0 saturated carbocycles. The quantitative estimate of drug-likeness (QED) is 0.219. The largest absolute Gasteiger partial charge is 0.354 e. The Morgan fingerprint density at radius 3 is 2.23 bits per heavy atom. The summed E-state index contributed by atoms with van der Waals surface area (Å²) in [5.74, 6) is -0.974. The normalized spacial score (nSPS) is 12.1. The molecule has 0 radical (unpaired) electrons. The Bertz CT molecular complexity index is 1450. The van der Waals surface area contributed by atoms with Crippen LogP contribution >= 0.6 is 46.4 Å². The molecule has 0 aliphatic carbocycles. The van der Waals surface area contributed by atoms with Gasteiger partial charge in [-0.1, -0.05) is 71.9 Å². The minimum Gasteiger partial charge on any atom is -0.354 e. The molecule has 0 saturated heterocycles. The molecule has 1 unspecified atom stereocenters. The fourth-order valence-corrected chi connectivity index (χ4v) is 5.88. The predicted molar refractivity (Wildman–Crippen MR) is 162 cm³/mol. The van der Waals surface area contributed by atoms with Gasteiger partial charge in [-0.05, 0) is 73.5 Å². The van der Waals surface area contributed by atoms with Crippen LogP contribution in [0.2, 0.25) is 20.1 Å². The monoisotopic (exact) mass is 643 g/mol. The number of amides is 2. The molecule has 1 atom stereocenters. The van der Waals surface area contributed by atoms with Gasteiger partial charge in [0.15, 0.2) is 0 Å². The highest BCUT2D eigenvalue weighted by Crippen LogP contribution is 2.28. The van der Waals surface area contributed by atoms with Gasteiger partial charge in [0.25, 0.3) is 10.0 Å². The molecule has 3 aromatic carbocycles. The molecule has 40 heavy (non-hydrogen) atoms. The van der Waals surface area contributed by atoms with Crippen LogP contribution in [0.4, 0.5) is 5.69 Å². The number of halogens is 4. The van der Waals surface area contributed by atoms with Crippen LogP contribution in [0.25, 0.3) is 0 Å². The van der Waals surface area contributed by atoms with Gasteiger partial charge in [-0.15, -0.1) is 0 Å². The molecule has 3 aromatic rings. The van der Waals surface area contributed by atoms with Crippen molar-refractivity contribution in [1.82, 2.24) is 10.2 Å². The van der Waals surface area contributed by atoms with E-state index in [-0.39, 0.29) is 33.1 Å². The maximum absolute atomic E-state index is 13.9. The zero-order chi connectivity index (χ0) is 29.4. The lowest BCUT2D eigenvalue weighted by Crippen LogP contribution is -2.51. The van der Waals surface area contributed by atoms with Crippen molar-refractivity contribution >= 4 is 73.9 Å². The molecule has 0 bridgehead atoms. The Labute approximate surface area is 255 Å². The summed E-state index contributed by atoms with van der Waals surface area (Å²) in [4.78, 5) is 28.2. The second-order valence-corrected chi connectivity index (χ2v) is 12.6. The van der Waals surface area contributed by atoms with Crippen molar-refractivity contribution in [3.63, 3.8) is 0 Å². The number of nitrogens with zero attached hydrogens (tertiary/aromatic N) is 2. The topological polar surface area (TPSA) is 86.8 Å². The van der Waals surface area contributed by atoms with Crippen molar-refractivity contribution in [2.75, 3.05) is 17.4 Å². The van der Waals surface area contributed by atoms with E-state index >= 15 is 0 Å². The predicted octanol–water partition coefficient (Wildman–Crippen LogP) is 6.83. The summed E-state index contributed by atoms with van der Waals surface area (Å²) in [7, 11) is -4.24. The van der Waals surface area contributed by atoms with Gasteiger partial charge in [-0.3, -0.25) is 13.9 Å². The van der Waals surface area contributed by atoms with Crippen molar-refractivity contribution in [2.24, 2.45) is 0 Å². The lowest BCUT2D eigenvalue weighted by Gasteiger charge is -2.32. The first-order valence-electron chi connectivity index (χ1n) is 12.5. The van der Waals surface area contributed by atoms with E-state index in [1.54, 1.807) is 37.3 Å². The number of hydrogen-bond acceptors (Lipinski definition) is 4. The molecule has 214 valence electrons. The number of unbranched alkanes of at least 4 members (excludes halogenated alkanes) is 1. The summed E-state index contributed by atoms with van der Waals surface area (Å²) in [5, 5.41) is 4.12. The van der Waals surface area contributed by atoms with Crippen molar-refractivity contribution in [3.05, 3.63) is 92.4 Å². The third kappa shape index (κ3) is 8.27. The molecule has 0 aromatic heterocycles. The molecule has 7 nitrogen and oxygen atoms in total. The average Bonchev–Trinajstić information content (AvgIpc) is 2.92. The van der Waals surface area contributed by atoms with Gasteiger partial charge in [0.2, 0.25) is 11.8 Å². The number of nitrogens with one attached hydrogen (secondary N) is 1.